The number of hydrogen-bond donors (Lipinski definition) is 0. The first-order valence-electron chi connectivity index (χ1n) is 15.7. The van der Waals surface area contributed by atoms with Crippen molar-refractivity contribution < 1.29 is 9.47 Å². The van der Waals surface area contributed by atoms with Crippen LogP contribution < -0.4 is 4.74 Å². The SMILES string of the molecule is C=C/C(=C\C=C/C)C(COC(CC1(C)CC2C=CC1C2)Oc1ccc(C(CCC)C(C)(C)C)cc1)c1ccccc1. The summed E-state index contributed by atoms with van der Waals surface area (Å²) < 4.78 is 13.5. The summed E-state index contributed by atoms with van der Waals surface area (Å²) in [5.74, 6) is 2.80. The number of ether oxygens (including phenoxy) is 2. The van der Waals surface area contributed by atoms with Crippen LogP contribution in [0.2, 0.25) is 0 Å². The first-order chi connectivity index (χ1) is 19.7. The molecule has 2 aliphatic carbocycles. The highest BCUT2D eigenvalue weighted by Gasteiger charge is 2.46. The lowest BCUT2D eigenvalue weighted by atomic mass is 9.74. The van der Waals surface area contributed by atoms with E-state index in [0.717, 1.165) is 17.7 Å². The Balaban J connectivity index is 1.57. The van der Waals surface area contributed by atoms with Crippen LogP contribution in [-0.4, -0.2) is 12.9 Å². The van der Waals surface area contributed by atoms with Gasteiger partial charge in [0.15, 0.2) is 6.29 Å². The van der Waals surface area contributed by atoms with Gasteiger partial charge < -0.3 is 9.47 Å². The van der Waals surface area contributed by atoms with E-state index in [1.807, 2.05) is 13.0 Å². The Hall–Kier alpha value is -2.84. The zero-order chi connectivity index (χ0) is 29.5. The number of hydrogen-bond acceptors (Lipinski definition) is 2. The van der Waals surface area contributed by atoms with Crippen molar-refractivity contribution in [3.63, 3.8) is 0 Å². The second-order valence-electron chi connectivity index (χ2n) is 13.6. The van der Waals surface area contributed by atoms with E-state index in [-0.39, 0.29) is 23.0 Å². The Morgan fingerprint density at radius 1 is 1.05 bits per heavy atom. The summed E-state index contributed by atoms with van der Waals surface area (Å²) in [6, 6.07) is 19.5. The van der Waals surface area contributed by atoms with Crippen LogP contribution >= 0.6 is 0 Å². The minimum atomic E-state index is -0.327. The largest absolute Gasteiger partial charge is 0.465 e. The fraction of sp³-hybridized carbons (Fsp3) is 0.487. The first kappa shape index (κ1) is 31.1. The van der Waals surface area contributed by atoms with Crippen molar-refractivity contribution in [1.82, 2.24) is 0 Å². The molecule has 2 nitrogen and oxygen atoms in total. The van der Waals surface area contributed by atoms with E-state index in [0.29, 0.717) is 24.4 Å². The van der Waals surface area contributed by atoms with Gasteiger partial charge in [-0.15, -0.1) is 0 Å². The van der Waals surface area contributed by atoms with Gasteiger partial charge in [0.1, 0.15) is 5.75 Å². The lowest BCUT2D eigenvalue weighted by Gasteiger charge is -2.35. The predicted molar refractivity (Wildman–Crippen MR) is 174 cm³/mol. The molecule has 1 saturated carbocycles. The molecule has 4 rings (SSSR count). The van der Waals surface area contributed by atoms with Crippen molar-refractivity contribution >= 4 is 0 Å². The minimum Gasteiger partial charge on any atom is -0.465 e. The van der Waals surface area contributed by atoms with Gasteiger partial charge in [-0.2, -0.15) is 0 Å². The molecule has 0 amide bonds. The zero-order valence-electron chi connectivity index (χ0n) is 26.3. The maximum absolute atomic E-state index is 6.77. The molecule has 2 aromatic carbocycles. The average Bonchev–Trinajstić information content (AvgIpc) is 3.54. The number of allylic oxidation sites excluding steroid dienone is 6. The van der Waals surface area contributed by atoms with Crippen LogP contribution in [0.25, 0.3) is 0 Å². The Morgan fingerprint density at radius 3 is 2.34 bits per heavy atom. The van der Waals surface area contributed by atoms with Gasteiger partial charge in [-0.3, -0.25) is 0 Å². The Labute approximate surface area is 250 Å². The van der Waals surface area contributed by atoms with Crippen LogP contribution in [0.4, 0.5) is 0 Å². The summed E-state index contributed by atoms with van der Waals surface area (Å²) in [6.07, 6.45) is 18.5. The number of rotatable bonds is 14. The molecule has 41 heavy (non-hydrogen) atoms. The van der Waals surface area contributed by atoms with Crippen molar-refractivity contribution in [2.45, 2.75) is 91.8 Å². The van der Waals surface area contributed by atoms with Crippen molar-refractivity contribution in [2.75, 3.05) is 6.61 Å². The molecule has 6 atom stereocenters. The van der Waals surface area contributed by atoms with E-state index in [1.165, 1.54) is 36.8 Å². The van der Waals surface area contributed by atoms with Gasteiger partial charge in [0.2, 0.25) is 0 Å². The standard InChI is InChI=1S/C39H52O2/c1-8-11-16-30(10-3)35(31-17-13-12-14-18-31)28-40-37(27-39(7)26-29-19-22-33(39)25-29)41-34-23-20-32(21-24-34)36(15-9-2)38(4,5)6/h8,10-14,16-24,29,33,35-37H,3,9,15,25-28H2,1-2,4-7H3/b11-8-,30-16+. The van der Waals surface area contributed by atoms with Gasteiger partial charge in [0.05, 0.1) is 6.61 Å². The molecule has 2 heteroatoms. The highest BCUT2D eigenvalue weighted by atomic mass is 16.7. The van der Waals surface area contributed by atoms with Crippen molar-refractivity contribution in [3.05, 3.63) is 114 Å². The van der Waals surface area contributed by atoms with Gasteiger partial charge >= 0.3 is 0 Å². The minimum absolute atomic E-state index is 0.0766. The van der Waals surface area contributed by atoms with Crippen molar-refractivity contribution in [2.24, 2.45) is 22.7 Å². The van der Waals surface area contributed by atoms with Crippen LogP contribution in [0.15, 0.2) is 103 Å². The van der Waals surface area contributed by atoms with Gasteiger partial charge in [-0.1, -0.05) is 127 Å². The summed E-state index contributed by atoms with van der Waals surface area (Å²) in [5, 5.41) is 0. The molecule has 0 spiro atoms. The number of benzene rings is 2. The van der Waals surface area contributed by atoms with Crippen LogP contribution in [0.1, 0.15) is 96.6 Å². The summed E-state index contributed by atoms with van der Waals surface area (Å²) in [6.45, 7) is 18.4. The van der Waals surface area contributed by atoms with Gasteiger partial charge in [-0.05, 0) is 83.6 Å². The lowest BCUT2D eigenvalue weighted by Crippen LogP contribution is -2.33. The van der Waals surface area contributed by atoms with Gasteiger partial charge in [-0.25, -0.2) is 0 Å². The molecular formula is C39H52O2. The van der Waals surface area contributed by atoms with E-state index in [4.69, 9.17) is 9.47 Å². The van der Waals surface area contributed by atoms with E-state index in [9.17, 15) is 0 Å². The summed E-state index contributed by atoms with van der Waals surface area (Å²) in [4.78, 5) is 0. The topological polar surface area (TPSA) is 18.5 Å². The Bertz CT molecular complexity index is 1200. The van der Waals surface area contributed by atoms with E-state index in [2.05, 4.69) is 126 Å². The molecule has 0 aliphatic heterocycles. The summed E-state index contributed by atoms with van der Waals surface area (Å²) >= 11 is 0. The molecule has 220 valence electrons. The van der Waals surface area contributed by atoms with Crippen molar-refractivity contribution in [1.29, 1.82) is 0 Å². The third kappa shape index (κ3) is 7.92. The van der Waals surface area contributed by atoms with E-state index >= 15 is 0 Å². The molecule has 0 saturated heterocycles. The van der Waals surface area contributed by atoms with Crippen LogP contribution in [0, 0.1) is 22.7 Å². The molecule has 2 aromatic rings. The lowest BCUT2D eigenvalue weighted by molar-refractivity contribution is -0.108. The van der Waals surface area contributed by atoms with Gasteiger partial charge in [0, 0.05) is 12.3 Å². The smallest absolute Gasteiger partial charge is 0.200 e. The predicted octanol–water partition coefficient (Wildman–Crippen LogP) is 10.8. The maximum Gasteiger partial charge on any atom is 0.200 e. The Kier molecular flexibility index (Phi) is 10.5. The second-order valence-corrected chi connectivity index (χ2v) is 13.6. The molecule has 2 bridgehead atoms. The highest BCUT2D eigenvalue weighted by molar-refractivity contribution is 5.36. The van der Waals surface area contributed by atoms with Crippen molar-refractivity contribution in [3.8, 4) is 5.75 Å². The molecule has 0 N–H and O–H groups in total. The van der Waals surface area contributed by atoms with Crippen LogP contribution in [-0.2, 0) is 4.74 Å². The fourth-order valence-corrected chi connectivity index (χ4v) is 7.07. The molecule has 0 heterocycles. The molecule has 0 aromatic heterocycles. The summed E-state index contributed by atoms with van der Waals surface area (Å²) in [5.41, 5.74) is 4.18. The third-order valence-corrected chi connectivity index (χ3v) is 9.37. The third-order valence-electron chi connectivity index (χ3n) is 9.37. The first-order valence-corrected chi connectivity index (χ1v) is 15.7. The Morgan fingerprint density at radius 2 is 1.78 bits per heavy atom. The highest BCUT2D eigenvalue weighted by Crippen LogP contribution is 2.54. The number of fused-ring (bicyclic) bond motifs is 2. The van der Waals surface area contributed by atoms with Gasteiger partial charge in [0.25, 0.3) is 0 Å². The normalized spacial score (nSPS) is 24.5. The molecule has 0 radical (unpaired) electrons. The summed E-state index contributed by atoms with van der Waals surface area (Å²) in [7, 11) is 0. The van der Waals surface area contributed by atoms with Crippen LogP contribution in [0.3, 0.4) is 0 Å². The molecule has 6 unspecified atom stereocenters. The monoisotopic (exact) mass is 552 g/mol. The average molecular weight is 553 g/mol. The molecule has 1 fully saturated rings. The molecule has 2 aliphatic rings. The maximum atomic E-state index is 6.77. The zero-order valence-corrected chi connectivity index (χ0v) is 26.3. The van der Waals surface area contributed by atoms with E-state index in [1.54, 1.807) is 0 Å². The quantitative estimate of drug-likeness (QED) is 0.132. The fourth-order valence-electron chi connectivity index (χ4n) is 7.07. The van der Waals surface area contributed by atoms with Crippen LogP contribution in [0.5, 0.6) is 5.75 Å². The second kappa shape index (κ2) is 13.9. The molecular weight excluding hydrogens is 500 g/mol. The van der Waals surface area contributed by atoms with E-state index < -0.39 is 0 Å².